The molecule has 1 aliphatic heterocycles. The van der Waals surface area contributed by atoms with E-state index in [4.69, 9.17) is 11.2 Å². The van der Waals surface area contributed by atoms with Crippen molar-refractivity contribution in [1.82, 2.24) is 5.32 Å². The minimum Gasteiger partial charge on any atom is -0.464 e. The molecular weight excluding hydrogens is 130 g/mol. The second-order valence-electron chi connectivity index (χ2n) is 2.09. The van der Waals surface area contributed by atoms with Crippen LogP contribution in [0.5, 0.6) is 0 Å². The van der Waals surface area contributed by atoms with Crippen molar-refractivity contribution in [3.8, 4) is 12.3 Å². The lowest BCUT2D eigenvalue weighted by atomic mass is 10.2. The highest BCUT2D eigenvalue weighted by molar-refractivity contribution is 5.77. The number of esters is 1. The predicted molar refractivity (Wildman–Crippen MR) is 36.2 cm³/mol. The van der Waals surface area contributed by atoms with Crippen LogP contribution in [0.4, 0.5) is 0 Å². The summed E-state index contributed by atoms with van der Waals surface area (Å²) >= 11 is 0. The first-order valence-electron chi connectivity index (χ1n) is 3.18. The Morgan fingerprint density at radius 2 is 2.70 bits per heavy atom. The van der Waals surface area contributed by atoms with Crippen LogP contribution in [-0.4, -0.2) is 25.2 Å². The van der Waals surface area contributed by atoms with E-state index in [0.29, 0.717) is 13.2 Å². The van der Waals surface area contributed by atoms with E-state index in [-0.39, 0.29) is 12.0 Å². The maximum Gasteiger partial charge on any atom is 0.323 e. The zero-order valence-electron chi connectivity index (χ0n) is 5.59. The highest BCUT2D eigenvalue weighted by Crippen LogP contribution is 2.04. The summed E-state index contributed by atoms with van der Waals surface area (Å²) in [6, 6.07) is -0.170. The maximum atomic E-state index is 10.7. The van der Waals surface area contributed by atoms with E-state index in [0.717, 1.165) is 6.42 Å². The van der Waals surface area contributed by atoms with Gasteiger partial charge in [0.05, 0.1) is 13.2 Å². The standard InChI is InChI=1S/C7H9NO2/c1-2-4-8-6-3-5-10-7(6)9/h1,6,8H,3-5H2/t6-/m0/s1. The molecule has 0 aromatic rings. The van der Waals surface area contributed by atoms with Crippen LogP contribution in [0, 0.1) is 12.3 Å². The summed E-state index contributed by atoms with van der Waals surface area (Å²) in [5, 5.41) is 2.87. The van der Waals surface area contributed by atoms with Crippen molar-refractivity contribution in [2.75, 3.05) is 13.2 Å². The number of rotatable bonds is 2. The quantitative estimate of drug-likeness (QED) is 0.415. The average Bonchev–Trinajstić information content (AvgIpc) is 2.31. The van der Waals surface area contributed by atoms with Gasteiger partial charge in [0.2, 0.25) is 0 Å². The molecule has 0 amide bonds. The Bertz CT molecular complexity index is 171. The lowest BCUT2D eigenvalue weighted by Gasteiger charge is -2.02. The van der Waals surface area contributed by atoms with Gasteiger partial charge in [0.1, 0.15) is 6.04 Å². The molecule has 1 N–H and O–H groups in total. The highest BCUT2D eigenvalue weighted by atomic mass is 16.5. The van der Waals surface area contributed by atoms with E-state index in [2.05, 4.69) is 11.2 Å². The van der Waals surface area contributed by atoms with Gasteiger partial charge in [0, 0.05) is 6.42 Å². The van der Waals surface area contributed by atoms with Gasteiger partial charge in [-0.1, -0.05) is 5.92 Å². The number of nitrogens with one attached hydrogen (secondary N) is 1. The summed E-state index contributed by atoms with van der Waals surface area (Å²) < 4.78 is 4.69. The van der Waals surface area contributed by atoms with Gasteiger partial charge in [-0.3, -0.25) is 10.1 Å². The third kappa shape index (κ3) is 1.49. The Morgan fingerprint density at radius 1 is 1.90 bits per heavy atom. The third-order valence-corrected chi connectivity index (χ3v) is 1.39. The smallest absolute Gasteiger partial charge is 0.323 e. The summed E-state index contributed by atoms with van der Waals surface area (Å²) in [6.45, 7) is 0.945. The van der Waals surface area contributed by atoms with Gasteiger partial charge >= 0.3 is 5.97 Å². The van der Waals surface area contributed by atoms with Gasteiger partial charge in [-0.25, -0.2) is 0 Å². The molecule has 10 heavy (non-hydrogen) atoms. The van der Waals surface area contributed by atoms with E-state index in [1.54, 1.807) is 0 Å². The summed E-state index contributed by atoms with van der Waals surface area (Å²) in [6.07, 6.45) is 5.72. The molecule has 0 spiro atoms. The SMILES string of the molecule is C#CCN[C@H]1CCOC1=O. The molecule has 54 valence electrons. The number of cyclic esters (lactones) is 1. The zero-order valence-corrected chi connectivity index (χ0v) is 5.59. The third-order valence-electron chi connectivity index (χ3n) is 1.39. The molecule has 1 saturated heterocycles. The fourth-order valence-electron chi connectivity index (χ4n) is 0.863. The van der Waals surface area contributed by atoms with Crippen LogP contribution < -0.4 is 5.32 Å². The normalized spacial score (nSPS) is 23.9. The fourth-order valence-corrected chi connectivity index (χ4v) is 0.863. The Kier molecular flexibility index (Phi) is 2.30. The lowest BCUT2D eigenvalue weighted by molar-refractivity contribution is -0.139. The van der Waals surface area contributed by atoms with E-state index >= 15 is 0 Å². The minimum atomic E-state index is -0.185. The first kappa shape index (κ1) is 7.10. The van der Waals surface area contributed by atoms with Gasteiger partial charge in [-0.05, 0) is 0 Å². The molecule has 1 fully saturated rings. The first-order chi connectivity index (χ1) is 4.84. The number of hydrogen-bond acceptors (Lipinski definition) is 3. The number of terminal acetylenes is 1. The van der Waals surface area contributed by atoms with Gasteiger partial charge in [-0.2, -0.15) is 0 Å². The highest BCUT2D eigenvalue weighted by Gasteiger charge is 2.24. The summed E-state index contributed by atoms with van der Waals surface area (Å²) in [5.41, 5.74) is 0. The van der Waals surface area contributed by atoms with E-state index in [1.165, 1.54) is 0 Å². The van der Waals surface area contributed by atoms with Crippen molar-refractivity contribution in [2.24, 2.45) is 0 Å². The topological polar surface area (TPSA) is 38.3 Å². The number of carbonyl (C=O) groups excluding carboxylic acids is 1. The van der Waals surface area contributed by atoms with Crippen molar-refractivity contribution in [3.63, 3.8) is 0 Å². The van der Waals surface area contributed by atoms with E-state index in [9.17, 15) is 4.79 Å². The number of ether oxygens (including phenoxy) is 1. The van der Waals surface area contributed by atoms with Gasteiger partial charge in [0.15, 0.2) is 0 Å². The van der Waals surface area contributed by atoms with Crippen LogP contribution in [0.3, 0.4) is 0 Å². The van der Waals surface area contributed by atoms with Crippen LogP contribution >= 0.6 is 0 Å². The number of carbonyl (C=O) groups is 1. The zero-order chi connectivity index (χ0) is 7.40. The van der Waals surface area contributed by atoms with Crippen molar-refractivity contribution in [3.05, 3.63) is 0 Å². The Balaban J connectivity index is 2.28. The van der Waals surface area contributed by atoms with Crippen LogP contribution in [-0.2, 0) is 9.53 Å². The van der Waals surface area contributed by atoms with Crippen molar-refractivity contribution < 1.29 is 9.53 Å². The lowest BCUT2D eigenvalue weighted by Crippen LogP contribution is -2.33. The first-order valence-corrected chi connectivity index (χ1v) is 3.18. The molecule has 0 saturated carbocycles. The van der Waals surface area contributed by atoms with Crippen LogP contribution in [0.2, 0.25) is 0 Å². The van der Waals surface area contributed by atoms with Crippen LogP contribution in [0.15, 0.2) is 0 Å². The number of hydrogen-bond donors (Lipinski definition) is 1. The molecule has 0 unspecified atom stereocenters. The Hall–Kier alpha value is -1.01. The predicted octanol–water partition coefficient (Wildman–Crippen LogP) is -0.475. The van der Waals surface area contributed by atoms with Crippen LogP contribution in [0.25, 0.3) is 0 Å². The molecule has 3 nitrogen and oxygen atoms in total. The van der Waals surface area contributed by atoms with Crippen LogP contribution in [0.1, 0.15) is 6.42 Å². The van der Waals surface area contributed by atoms with Crippen molar-refractivity contribution >= 4 is 5.97 Å². The summed E-state index contributed by atoms with van der Waals surface area (Å²) in [4.78, 5) is 10.7. The second kappa shape index (κ2) is 3.23. The second-order valence-corrected chi connectivity index (χ2v) is 2.09. The summed E-state index contributed by atoms with van der Waals surface area (Å²) in [7, 11) is 0. The molecule has 0 aromatic carbocycles. The van der Waals surface area contributed by atoms with Gasteiger partial charge in [0.25, 0.3) is 0 Å². The van der Waals surface area contributed by atoms with Crippen molar-refractivity contribution in [1.29, 1.82) is 0 Å². The molecule has 0 aliphatic carbocycles. The van der Waals surface area contributed by atoms with E-state index < -0.39 is 0 Å². The molecule has 1 rings (SSSR count). The minimum absolute atomic E-state index is 0.170. The fraction of sp³-hybridized carbons (Fsp3) is 0.571. The summed E-state index contributed by atoms with van der Waals surface area (Å²) in [5.74, 6) is 2.21. The van der Waals surface area contributed by atoms with Gasteiger partial charge in [-0.15, -0.1) is 6.42 Å². The largest absolute Gasteiger partial charge is 0.464 e. The van der Waals surface area contributed by atoms with Gasteiger partial charge < -0.3 is 4.74 Å². The maximum absolute atomic E-state index is 10.7. The molecule has 1 heterocycles. The Labute approximate surface area is 59.7 Å². The average molecular weight is 139 g/mol. The Morgan fingerprint density at radius 3 is 3.20 bits per heavy atom. The molecule has 0 bridgehead atoms. The van der Waals surface area contributed by atoms with E-state index in [1.807, 2.05) is 0 Å². The molecule has 1 atom stereocenters. The van der Waals surface area contributed by atoms with Crippen molar-refractivity contribution in [2.45, 2.75) is 12.5 Å². The molecule has 0 radical (unpaired) electrons. The molecule has 3 heteroatoms. The molecular formula is C7H9NO2. The molecule has 1 aliphatic rings. The molecule has 0 aromatic heterocycles. The monoisotopic (exact) mass is 139 g/mol.